The van der Waals surface area contributed by atoms with Gasteiger partial charge in [0.25, 0.3) is 0 Å². The third kappa shape index (κ3) is 3.62. The first-order valence-corrected chi connectivity index (χ1v) is 9.26. The predicted octanol–water partition coefficient (Wildman–Crippen LogP) is 3.73. The zero-order valence-electron chi connectivity index (χ0n) is 14.6. The highest BCUT2D eigenvalue weighted by Gasteiger charge is 2.45. The molecular weight excluding hydrogens is 320 g/mol. The summed E-state index contributed by atoms with van der Waals surface area (Å²) in [5, 5.41) is 6.97. The van der Waals surface area contributed by atoms with E-state index in [1.807, 2.05) is 0 Å². The molecule has 1 saturated carbocycles. The maximum atomic E-state index is 12.5. The Kier molecular flexibility index (Phi) is 5.22. The van der Waals surface area contributed by atoms with Crippen LogP contribution in [0.5, 0.6) is 0 Å². The molecule has 2 N–H and O–H groups in total. The average molecular weight is 349 g/mol. The summed E-state index contributed by atoms with van der Waals surface area (Å²) in [6.45, 7) is 4.43. The van der Waals surface area contributed by atoms with Gasteiger partial charge >= 0.3 is 0 Å². The second-order valence-electron chi connectivity index (χ2n) is 8.08. The lowest BCUT2D eigenvalue weighted by atomic mass is 9.98. The van der Waals surface area contributed by atoms with Gasteiger partial charge < -0.3 is 10.6 Å². The van der Waals surface area contributed by atoms with Crippen LogP contribution in [-0.4, -0.2) is 24.0 Å². The minimum Gasteiger partial charge on any atom is -0.353 e. The topological polar surface area (TPSA) is 41.1 Å². The van der Waals surface area contributed by atoms with Crippen LogP contribution in [0.3, 0.4) is 0 Å². The van der Waals surface area contributed by atoms with E-state index in [9.17, 15) is 4.79 Å². The van der Waals surface area contributed by atoms with Crippen molar-refractivity contribution in [2.24, 2.45) is 5.92 Å². The van der Waals surface area contributed by atoms with E-state index in [1.54, 1.807) is 0 Å². The van der Waals surface area contributed by atoms with Gasteiger partial charge in [0.15, 0.2) is 0 Å². The molecule has 132 valence electrons. The lowest BCUT2D eigenvalue weighted by Gasteiger charge is -2.29. The Hall–Kier alpha value is -1.06. The number of benzene rings is 1. The molecule has 4 atom stereocenters. The zero-order valence-corrected chi connectivity index (χ0v) is 15.4. The van der Waals surface area contributed by atoms with Crippen molar-refractivity contribution < 1.29 is 4.79 Å². The molecule has 3 fully saturated rings. The van der Waals surface area contributed by atoms with Gasteiger partial charge in [0.2, 0.25) is 5.91 Å². The van der Waals surface area contributed by atoms with Crippen molar-refractivity contribution in [3.63, 3.8) is 0 Å². The van der Waals surface area contributed by atoms with Gasteiger partial charge in [-0.2, -0.15) is 0 Å². The zero-order chi connectivity index (χ0) is 16.0. The summed E-state index contributed by atoms with van der Waals surface area (Å²) in [4.78, 5) is 12.5. The highest BCUT2D eigenvalue weighted by molar-refractivity contribution is 5.85. The third-order valence-corrected chi connectivity index (χ3v) is 5.98. The van der Waals surface area contributed by atoms with Crippen LogP contribution >= 0.6 is 12.4 Å². The fraction of sp³-hybridized carbons (Fsp3) is 0.650. The van der Waals surface area contributed by atoms with Crippen LogP contribution < -0.4 is 10.6 Å². The molecule has 1 aromatic carbocycles. The first-order valence-electron chi connectivity index (χ1n) is 9.26. The fourth-order valence-corrected chi connectivity index (χ4v) is 4.46. The highest BCUT2D eigenvalue weighted by atomic mass is 35.5. The van der Waals surface area contributed by atoms with E-state index in [4.69, 9.17) is 0 Å². The quantitative estimate of drug-likeness (QED) is 0.870. The summed E-state index contributed by atoms with van der Waals surface area (Å²) in [6, 6.07) is 10.5. The molecule has 0 aromatic heterocycles. The number of hydrogen-bond donors (Lipinski definition) is 2. The summed E-state index contributed by atoms with van der Waals surface area (Å²) in [5.74, 6) is 1.49. The van der Waals surface area contributed by atoms with Gasteiger partial charge in [-0.05, 0) is 55.1 Å². The maximum absolute atomic E-state index is 12.5. The molecule has 3 nitrogen and oxygen atoms in total. The predicted molar refractivity (Wildman–Crippen MR) is 99.7 cm³/mol. The first-order chi connectivity index (χ1) is 11.1. The van der Waals surface area contributed by atoms with Crippen LogP contribution in [-0.2, 0) is 4.79 Å². The molecule has 24 heavy (non-hydrogen) atoms. The van der Waals surface area contributed by atoms with Gasteiger partial charge in [-0.25, -0.2) is 0 Å². The fourth-order valence-electron chi connectivity index (χ4n) is 4.46. The number of carbonyl (C=O) groups is 1. The molecule has 2 bridgehead atoms. The largest absolute Gasteiger partial charge is 0.353 e. The number of carbonyl (C=O) groups excluding carboxylic acids is 1. The van der Waals surface area contributed by atoms with Crippen LogP contribution in [0.1, 0.15) is 68.9 Å². The molecule has 0 spiro atoms. The molecule has 2 aliphatic heterocycles. The molecule has 3 aliphatic rings. The number of hydrogen-bond acceptors (Lipinski definition) is 2. The maximum Gasteiger partial charge on any atom is 0.223 e. The molecule has 1 aliphatic carbocycles. The lowest BCUT2D eigenvalue weighted by molar-refractivity contribution is -0.123. The number of halogens is 1. The van der Waals surface area contributed by atoms with E-state index in [2.05, 4.69) is 48.7 Å². The SMILES string of the molecule is CC(C)c1ccc(C2CC2C(=O)NC2CC3CCC(C2)N3)cc1.Cl. The van der Waals surface area contributed by atoms with Gasteiger partial charge in [-0.1, -0.05) is 38.1 Å². The van der Waals surface area contributed by atoms with Crippen molar-refractivity contribution in [3.05, 3.63) is 35.4 Å². The Labute approximate surface area is 151 Å². The molecule has 2 saturated heterocycles. The Balaban J connectivity index is 0.00000169. The van der Waals surface area contributed by atoms with Crippen molar-refractivity contribution in [2.45, 2.75) is 75.9 Å². The van der Waals surface area contributed by atoms with Gasteiger partial charge in [0.1, 0.15) is 0 Å². The van der Waals surface area contributed by atoms with Gasteiger partial charge in [-0.3, -0.25) is 4.79 Å². The van der Waals surface area contributed by atoms with E-state index in [0.29, 0.717) is 30.0 Å². The molecule has 1 aromatic rings. The summed E-state index contributed by atoms with van der Waals surface area (Å²) >= 11 is 0. The number of piperidine rings is 1. The number of fused-ring (bicyclic) bond motifs is 2. The number of nitrogens with one attached hydrogen (secondary N) is 2. The van der Waals surface area contributed by atoms with Crippen molar-refractivity contribution in [1.82, 2.24) is 10.6 Å². The molecule has 0 radical (unpaired) electrons. The second kappa shape index (κ2) is 7.05. The van der Waals surface area contributed by atoms with Gasteiger partial charge in [-0.15, -0.1) is 12.4 Å². The summed E-state index contributed by atoms with van der Waals surface area (Å²) < 4.78 is 0. The minimum absolute atomic E-state index is 0. The van der Waals surface area contributed by atoms with E-state index in [-0.39, 0.29) is 24.2 Å². The summed E-state index contributed by atoms with van der Waals surface area (Å²) in [7, 11) is 0. The molecular formula is C20H29ClN2O. The summed E-state index contributed by atoms with van der Waals surface area (Å²) in [6.07, 6.45) is 5.81. The lowest BCUT2D eigenvalue weighted by Crippen LogP contribution is -2.48. The van der Waals surface area contributed by atoms with Gasteiger partial charge in [0.05, 0.1) is 0 Å². The second-order valence-corrected chi connectivity index (χ2v) is 8.08. The van der Waals surface area contributed by atoms with Crippen LogP contribution in [0.4, 0.5) is 0 Å². The van der Waals surface area contributed by atoms with E-state index < -0.39 is 0 Å². The Morgan fingerprint density at radius 1 is 1.08 bits per heavy atom. The minimum atomic E-state index is 0. The van der Waals surface area contributed by atoms with Crippen LogP contribution in [0, 0.1) is 5.92 Å². The van der Waals surface area contributed by atoms with Crippen LogP contribution in [0.2, 0.25) is 0 Å². The van der Waals surface area contributed by atoms with E-state index >= 15 is 0 Å². The van der Waals surface area contributed by atoms with E-state index in [0.717, 1.165) is 19.3 Å². The molecule has 2 heterocycles. The molecule has 4 heteroatoms. The highest BCUT2D eigenvalue weighted by Crippen LogP contribution is 2.48. The molecule has 1 amide bonds. The molecule has 4 rings (SSSR count). The van der Waals surface area contributed by atoms with Crippen molar-refractivity contribution in [3.8, 4) is 0 Å². The Morgan fingerprint density at radius 2 is 1.71 bits per heavy atom. The summed E-state index contributed by atoms with van der Waals surface area (Å²) in [5.41, 5.74) is 2.71. The van der Waals surface area contributed by atoms with Crippen LogP contribution in [0.15, 0.2) is 24.3 Å². The monoisotopic (exact) mass is 348 g/mol. The van der Waals surface area contributed by atoms with Crippen molar-refractivity contribution >= 4 is 18.3 Å². The van der Waals surface area contributed by atoms with Crippen LogP contribution in [0.25, 0.3) is 0 Å². The number of amides is 1. The van der Waals surface area contributed by atoms with Crippen molar-refractivity contribution in [1.29, 1.82) is 0 Å². The smallest absolute Gasteiger partial charge is 0.223 e. The average Bonchev–Trinajstić information content (AvgIpc) is 3.27. The van der Waals surface area contributed by atoms with E-state index in [1.165, 1.54) is 24.0 Å². The molecule has 4 unspecified atom stereocenters. The Bertz CT molecular complexity index is 574. The normalized spacial score (nSPS) is 33.9. The number of rotatable bonds is 4. The van der Waals surface area contributed by atoms with Crippen molar-refractivity contribution in [2.75, 3.05) is 0 Å². The first kappa shape index (κ1) is 17.8. The Morgan fingerprint density at radius 3 is 2.29 bits per heavy atom. The van der Waals surface area contributed by atoms with Gasteiger partial charge in [0, 0.05) is 24.0 Å². The standard InChI is InChI=1S/C20H28N2O.ClH/c1-12(2)13-3-5-14(6-4-13)18-11-19(18)20(23)22-17-9-15-7-8-16(10-17)21-15;/h3-6,12,15-19,21H,7-11H2,1-2H3,(H,22,23);1H. The third-order valence-electron chi connectivity index (χ3n) is 5.98.